The van der Waals surface area contributed by atoms with Crippen molar-refractivity contribution in [3.8, 4) is 11.5 Å². The minimum atomic E-state index is -0.446. The molecule has 3 rings (SSSR count). The van der Waals surface area contributed by atoms with Gasteiger partial charge in [-0.25, -0.2) is 10.2 Å². The van der Waals surface area contributed by atoms with Gasteiger partial charge < -0.3 is 9.47 Å². The number of hydrazone groups is 1. The zero-order chi connectivity index (χ0) is 27.1. The Bertz CT molecular complexity index is 1240. The SMILES string of the molecule is CC(C)(C)CC(C)(C)c1ccc(OCC(=O)NN=Cc2ccc(OC(=O)c3cccc(Br)c3)cc2)cc1. The summed E-state index contributed by atoms with van der Waals surface area (Å²) in [6, 6.07) is 21.7. The second-order valence-corrected chi connectivity index (χ2v) is 11.6. The highest BCUT2D eigenvalue weighted by Crippen LogP contribution is 2.36. The molecule has 0 saturated heterocycles. The summed E-state index contributed by atoms with van der Waals surface area (Å²) in [4.78, 5) is 24.4. The lowest BCUT2D eigenvalue weighted by Gasteiger charge is -2.33. The van der Waals surface area contributed by atoms with Gasteiger partial charge in [0.05, 0.1) is 11.8 Å². The van der Waals surface area contributed by atoms with E-state index in [9.17, 15) is 9.59 Å². The fraction of sp³-hybridized carbons (Fsp3) is 0.300. The van der Waals surface area contributed by atoms with E-state index in [-0.39, 0.29) is 23.3 Å². The van der Waals surface area contributed by atoms with Gasteiger partial charge in [-0.3, -0.25) is 4.79 Å². The molecule has 1 amide bonds. The fourth-order valence-electron chi connectivity index (χ4n) is 4.19. The molecule has 0 atom stereocenters. The standard InChI is InChI=1S/C30H33BrN2O4/c1-29(2,3)20-30(4,5)23-11-15-25(16-12-23)36-19-27(34)33-32-18-21-9-13-26(14-10-21)37-28(35)22-7-6-8-24(31)17-22/h6-18H,19-20H2,1-5H3,(H,33,34). The van der Waals surface area contributed by atoms with Gasteiger partial charge in [0.2, 0.25) is 0 Å². The van der Waals surface area contributed by atoms with Crippen LogP contribution in [0.1, 0.15) is 62.5 Å². The van der Waals surface area contributed by atoms with E-state index >= 15 is 0 Å². The summed E-state index contributed by atoms with van der Waals surface area (Å²) < 4.78 is 11.8. The molecule has 0 saturated carbocycles. The molecule has 0 radical (unpaired) electrons. The predicted molar refractivity (Wildman–Crippen MR) is 150 cm³/mol. The van der Waals surface area contributed by atoms with Crippen molar-refractivity contribution in [2.45, 2.75) is 46.5 Å². The second-order valence-electron chi connectivity index (χ2n) is 10.7. The van der Waals surface area contributed by atoms with E-state index in [1.165, 1.54) is 11.8 Å². The Morgan fingerprint density at radius 2 is 1.57 bits per heavy atom. The van der Waals surface area contributed by atoms with Crippen LogP contribution >= 0.6 is 15.9 Å². The third kappa shape index (κ3) is 9.17. The third-order valence-corrected chi connectivity index (χ3v) is 6.03. The van der Waals surface area contributed by atoms with Crippen molar-refractivity contribution in [2.75, 3.05) is 6.61 Å². The summed E-state index contributed by atoms with van der Waals surface area (Å²) in [6.07, 6.45) is 2.56. The number of hydrogen-bond acceptors (Lipinski definition) is 5. The number of rotatable bonds is 9. The van der Waals surface area contributed by atoms with Gasteiger partial charge in [-0.05, 0) is 83.0 Å². The van der Waals surface area contributed by atoms with Crippen LogP contribution in [0.4, 0.5) is 0 Å². The van der Waals surface area contributed by atoms with Crippen molar-refractivity contribution < 1.29 is 19.1 Å². The first-order valence-corrected chi connectivity index (χ1v) is 12.8. The number of amides is 1. The van der Waals surface area contributed by atoms with Gasteiger partial charge in [-0.1, -0.05) is 68.7 Å². The number of carbonyl (C=O) groups is 2. The largest absolute Gasteiger partial charge is 0.484 e. The maximum Gasteiger partial charge on any atom is 0.343 e. The van der Waals surface area contributed by atoms with Gasteiger partial charge in [0.15, 0.2) is 6.61 Å². The number of nitrogens with zero attached hydrogens (tertiary/aromatic N) is 1. The molecule has 0 bridgehead atoms. The molecule has 7 heteroatoms. The maximum absolute atomic E-state index is 12.2. The number of esters is 1. The lowest BCUT2D eigenvalue weighted by Crippen LogP contribution is -2.25. The van der Waals surface area contributed by atoms with Crippen LogP contribution in [-0.4, -0.2) is 24.7 Å². The van der Waals surface area contributed by atoms with Crippen LogP contribution in [0.3, 0.4) is 0 Å². The van der Waals surface area contributed by atoms with Gasteiger partial charge in [0.1, 0.15) is 11.5 Å². The summed E-state index contributed by atoms with van der Waals surface area (Å²) in [5, 5.41) is 3.96. The molecule has 3 aromatic rings. The van der Waals surface area contributed by atoms with E-state index in [4.69, 9.17) is 9.47 Å². The van der Waals surface area contributed by atoms with Gasteiger partial charge in [-0.15, -0.1) is 0 Å². The molecule has 37 heavy (non-hydrogen) atoms. The second kappa shape index (κ2) is 12.2. The summed E-state index contributed by atoms with van der Waals surface area (Å²) >= 11 is 3.34. The first kappa shape index (κ1) is 28.1. The lowest BCUT2D eigenvalue weighted by atomic mass is 9.72. The van der Waals surface area contributed by atoms with Crippen LogP contribution < -0.4 is 14.9 Å². The monoisotopic (exact) mass is 564 g/mol. The van der Waals surface area contributed by atoms with Crippen LogP contribution in [0.15, 0.2) is 82.4 Å². The molecule has 6 nitrogen and oxygen atoms in total. The van der Waals surface area contributed by atoms with E-state index in [0.717, 1.165) is 16.5 Å². The number of halogens is 1. The van der Waals surface area contributed by atoms with Gasteiger partial charge >= 0.3 is 5.97 Å². The highest BCUT2D eigenvalue weighted by atomic mass is 79.9. The summed E-state index contributed by atoms with van der Waals surface area (Å²) in [5.74, 6) is 0.223. The normalized spacial score (nSPS) is 11.8. The Kier molecular flexibility index (Phi) is 9.27. The van der Waals surface area contributed by atoms with Gasteiger partial charge in [0.25, 0.3) is 5.91 Å². The number of benzene rings is 3. The van der Waals surface area contributed by atoms with Gasteiger partial charge in [-0.2, -0.15) is 5.10 Å². The Morgan fingerprint density at radius 1 is 0.919 bits per heavy atom. The predicted octanol–water partition coefficient (Wildman–Crippen LogP) is 6.91. The van der Waals surface area contributed by atoms with Gasteiger partial charge in [0, 0.05) is 4.47 Å². The van der Waals surface area contributed by atoms with Crippen LogP contribution in [0, 0.1) is 5.41 Å². The molecule has 0 heterocycles. The van der Waals surface area contributed by atoms with E-state index in [1.807, 2.05) is 18.2 Å². The summed E-state index contributed by atoms with van der Waals surface area (Å²) in [6.45, 7) is 11.1. The molecule has 0 fully saturated rings. The van der Waals surface area contributed by atoms with E-state index in [2.05, 4.69) is 73.2 Å². The van der Waals surface area contributed by atoms with Crippen molar-refractivity contribution >= 4 is 34.0 Å². The maximum atomic E-state index is 12.2. The molecule has 0 aromatic heterocycles. The number of hydrogen-bond donors (Lipinski definition) is 1. The average Bonchev–Trinajstić information content (AvgIpc) is 2.82. The number of nitrogens with one attached hydrogen (secondary N) is 1. The zero-order valence-electron chi connectivity index (χ0n) is 21.9. The number of ether oxygens (including phenoxy) is 2. The summed E-state index contributed by atoms with van der Waals surface area (Å²) in [5.41, 5.74) is 5.14. The van der Waals surface area contributed by atoms with Crippen molar-refractivity contribution in [1.82, 2.24) is 5.43 Å². The first-order chi connectivity index (χ1) is 17.4. The minimum Gasteiger partial charge on any atom is -0.484 e. The fourth-order valence-corrected chi connectivity index (χ4v) is 4.59. The molecule has 0 spiro atoms. The molecule has 0 aliphatic rings. The quantitative estimate of drug-likeness (QED) is 0.132. The minimum absolute atomic E-state index is 0.0437. The third-order valence-electron chi connectivity index (χ3n) is 5.53. The van der Waals surface area contributed by atoms with Crippen molar-refractivity contribution in [3.63, 3.8) is 0 Å². The molecule has 0 aliphatic heterocycles. The first-order valence-electron chi connectivity index (χ1n) is 12.0. The van der Waals surface area contributed by atoms with Crippen LogP contribution in [0.2, 0.25) is 0 Å². The highest BCUT2D eigenvalue weighted by Gasteiger charge is 2.27. The lowest BCUT2D eigenvalue weighted by molar-refractivity contribution is -0.123. The smallest absolute Gasteiger partial charge is 0.343 e. The molecule has 1 N–H and O–H groups in total. The molecule has 3 aromatic carbocycles. The Balaban J connectivity index is 1.45. The zero-order valence-corrected chi connectivity index (χ0v) is 23.5. The van der Waals surface area contributed by atoms with E-state index in [1.54, 1.807) is 42.5 Å². The van der Waals surface area contributed by atoms with Crippen molar-refractivity contribution in [1.29, 1.82) is 0 Å². The molecular weight excluding hydrogens is 532 g/mol. The number of carbonyl (C=O) groups excluding carboxylic acids is 2. The highest BCUT2D eigenvalue weighted by molar-refractivity contribution is 9.10. The molecule has 194 valence electrons. The molecule has 0 unspecified atom stereocenters. The van der Waals surface area contributed by atoms with Crippen LogP contribution in [-0.2, 0) is 10.2 Å². The summed E-state index contributed by atoms with van der Waals surface area (Å²) in [7, 11) is 0. The van der Waals surface area contributed by atoms with E-state index in [0.29, 0.717) is 17.1 Å². The van der Waals surface area contributed by atoms with Crippen molar-refractivity contribution in [2.24, 2.45) is 10.5 Å². The molecular formula is C30H33BrN2O4. The average molecular weight is 566 g/mol. The Hall–Kier alpha value is -3.45. The van der Waals surface area contributed by atoms with Crippen LogP contribution in [0.5, 0.6) is 11.5 Å². The van der Waals surface area contributed by atoms with Crippen molar-refractivity contribution in [3.05, 3.63) is 94.0 Å². The van der Waals surface area contributed by atoms with E-state index < -0.39 is 5.97 Å². The van der Waals surface area contributed by atoms with Crippen LogP contribution in [0.25, 0.3) is 0 Å². The molecule has 0 aliphatic carbocycles. The topological polar surface area (TPSA) is 77.0 Å². The Morgan fingerprint density at radius 3 is 2.19 bits per heavy atom. The Labute approximate surface area is 227 Å².